The van der Waals surface area contributed by atoms with Crippen LogP contribution in [0.3, 0.4) is 0 Å². The van der Waals surface area contributed by atoms with Crippen LogP contribution in [0.1, 0.15) is 25.3 Å². The van der Waals surface area contributed by atoms with E-state index in [4.69, 9.17) is 4.74 Å². The molecular formula is C20H31N3O2. The van der Waals surface area contributed by atoms with Crippen LogP contribution in [-0.2, 0) is 11.2 Å². The molecule has 1 aliphatic heterocycles. The maximum atomic E-state index is 12.1. The van der Waals surface area contributed by atoms with Crippen molar-refractivity contribution < 1.29 is 9.53 Å². The first-order valence-electron chi connectivity index (χ1n) is 9.51. The fourth-order valence-corrected chi connectivity index (χ4v) is 3.47. The first kappa shape index (κ1) is 18.2. The zero-order chi connectivity index (χ0) is 17.6. The van der Waals surface area contributed by atoms with Crippen molar-refractivity contribution in [2.45, 2.75) is 32.2 Å². The maximum absolute atomic E-state index is 12.1. The van der Waals surface area contributed by atoms with E-state index in [1.807, 2.05) is 12.1 Å². The highest BCUT2D eigenvalue weighted by atomic mass is 16.5. The standard InChI is InChI=1S/C20H31N3O2/c1-16(18-5-6-18)21-20(24)15-23-13-11-22(12-14-23)10-9-17-3-7-19(25-2)8-4-17/h3-4,7-8,16,18H,5-6,9-15H2,1-2H3,(H,21,24)/t16-/m0/s1. The molecule has 2 fully saturated rings. The number of hydrogen-bond donors (Lipinski definition) is 1. The third-order valence-electron chi connectivity index (χ3n) is 5.43. The number of ether oxygens (including phenoxy) is 1. The average Bonchev–Trinajstić information content (AvgIpc) is 3.47. The molecule has 138 valence electrons. The van der Waals surface area contributed by atoms with Crippen LogP contribution in [0.15, 0.2) is 24.3 Å². The van der Waals surface area contributed by atoms with Gasteiger partial charge in [0, 0.05) is 38.8 Å². The minimum absolute atomic E-state index is 0.186. The van der Waals surface area contributed by atoms with E-state index in [2.05, 4.69) is 34.2 Å². The van der Waals surface area contributed by atoms with E-state index in [0.29, 0.717) is 12.6 Å². The summed E-state index contributed by atoms with van der Waals surface area (Å²) in [7, 11) is 1.70. The molecule has 1 atom stereocenters. The molecule has 1 saturated heterocycles. The number of carbonyl (C=O) groups is 1. The van der Waals surface area contributed by atoms with Crippen LogP contribution in [0.2, 0.25) is 0 Å². The Morgan fingerprint density at radius 2 is 1.80 bits per heavy atom. The summed E-state index contributed by atoms with van der Waals surface area (Å²) >= 11 is 0. The zero-order valence-electron chi connectivity index (χ0n) is 15.5. The highest BCUT2D eigenvalue weighted by Crippen LogP contribution is 2.32. The summed E-state index contributed by atoms with van der Waals surface area (Å²) < 4.78 is 5.20. The van der Waals surface area contributed by atoms with Crippen molar-refractivity contribution in [1.29, 1.82) is 0 Å². The van der Waals surface area contributed by atoms with E-state index in [1.165, 1.54) is 18.4 Å². The lowest BCUT2D eigenvalue weighted by Crippen LogP contribution is -2.50. The van der Waals surface area contributed by atoms with E-state index < -0.39 is 0 Å². The lowest BCUT2D eigenvalue weighted by molar-refractivity contribution is -0.123. The third kappa shape index (κ3) is 5.72. The van der Waals surface area contributed by atoms with Gasteiger partial charge in [0.1, 0.15) is 5.75 Å². The highest BCUT2D eigenvalue weighted by Gasteiger charge is 2.29. The second-order valence-corrected chi connectivity index (χ2v) is 7.41. The van der Waals surface area contributed by atoms with Gasteiger partial charge in [0.25, 0.3) is 0 Å². The van der Waals surface area contributed by atoms with Crippen molar-refractivity contribution in [2.75, 3.05) is 46.4 Å². The summed E-state index contributed by atoms with van der Waals surface area (Å²) in [5.74, 6) is 1.82. The Labute approximate surface area is 151 Å². The second kappa shape index (κ2) is 8.68. The van der Waals surface area contributed by atoms with E-state index in [1.54, 1.807) is 7.11 Å². The van der Waals surface area contributed by atoms with Crippen molar-refractivity contribution in [3.05, 3.63) is 29.8 Å². The molecule has 5 nitrogen and oxygen atoms in total. The molecule has 0 radical (unpaired) electrons. The van der Waals surface area contributed by atoms with Gasteiger partial charge in [-0.25, -0.2) is 0 Å². The number of piperazine rings is 1. The van der Waals surface area contributed by atoms with Gasteiger partial charge >= 0.3 is 0 Å². The zero-order valence-corrected chi connectivity index (χ0v) is 15.5. The van der Waals surface area contributed by atoms with Gasteiger partial charge in [-0.3, -0.25) is 9.69 Å². The molecule has 1 aliphatic carbocycles. The number of benzene rings is 1. The van der Waals surface area contributed by atoms with E-state index in [-0.39, 0.29) is 5.91 Å². The monoisotopic (exact) mass is 345 g/mol. The smallest absolute Gasteiger partial charge is 0.234 e. The van der Waals surface area contributed by atoms with Gasteiger partial charge in [-0.1, -0.05) is 12.1 Å². The number of hydrogen-bond acceptors (Lipinski definition) is 4. The van der Waals surface area contributed by atoms with Crippen LogP contribution >= 0.6 is 0 Å². The molecule has 5 heteroatoms. The van der Waals surface area contributed by atoms with Crippen LogP contribution in [-0.4, -0.2) is 68.1 Å². The first-order chi connectivity index (χ1) is 12.1. The molecule has 25 heavy (non-hydrogen) atoms. The largest absolute Gasteiger partial charge is 0.497 e. The molecule has 2 aliphatic rings. The number of nitrogens with zero attached hydrogens (tertiary/aromatic N) is 2. The van der Waals surface area contributed by atoms with Crippen LogP contribution < -0.4 is 10.1 Å². The van der Waals surface area contributed by atoms with Gasteiger partial charge in [0.15, 0.2) is 0 Å². The number of rotatable bonds is 8. The average molecular weight is 345 g/mol. The van der Waals surface area contributed by atoms with Crippen LogP contribution in [0.5, 0.6) is 5.75 Å². The van der Waals surface area contributed by atoms with Gasteiger partial charge in [0.2, 0.25) is 5.91 Å². The molecule has 0 bridgehead atoms. The molecule has 1 aromatic rings. The van der Waals surface area contributed by atoms with Crippen molar-refractivity contribution in [2.24, 2.45) is 5.92 Å². The minimum Gasteiger partial charge on any atom is -0.497 e. The van der Waals surface area contributed by atoms with Gasteiger partial charge in [0.05, 0.1) is 13.7 Å². The van der Waals surface area contributed by atoms with E-state index >= 15 is 0 Å². The molecule has 3 rings (SSSR count). The maximum Gasteiger partial charge on any atom is 0.234 e. The van der Waals surface area contributed by atoms with Crippen molar-refractivity contribution in [3.63, 3.8) is 0 Å². The van der Waals surface area contributed by atoms with Crippen molar-refractivity contribution in [3.8, 4) is 5.75 Å². The number of methoxy groups -OCH3 is 1. The van der Waals surface area contributed by atoms with Crippen molar-refractivity contribution >= 4 is 5.91 Å². The van der Waals surface area contributed by atoms with Gasteiger partial charge in [-0.15, -0.1) is 0 Å². The summed E-state index contributed by atoms with van der Waals surface area (Å²) in [6.07, 6.45) is 3.60. The van der Waals surface area contributed by atoms with Gasteiger partial charge in [-0.2, -0.15) is 0 Å². The lowest BCUT2D eigenvalue weighted by atomic mass is 10.1. The van der Waals surface area contributed by atoms with Crippen LogP contribution in [0.25, 0.3) is 0 Å². The molecule has 0 aromatic heterocycles. The highest BCUT2D eigenvalue weighted by molar-refractivity contribution is 5.78. The number of amides is 1. The minimum atomic E-state index is 0.186. The Hall–Kier alpha value is -1.59. The second-order valence-electron chi connectivity index (χ2n) is 7.41. The molecule has 1 heterocycles. The topological polar surface area (TPSA) is 44.8 Å². The normalized spacial score (nSPS) is 20.2. The molecule has 1 N–H and O–H groups in total. The summed E-state index contributed by atoms with van der Waals surface area (Å²) in [5, 5.41) is 3.15. The molecular weight excluding hydrogens is 314 g/mol. The molecule has 1 amide bonds. The summed E-state index contributed by atoms with van der Waals surface area (Å²) in [5.41, 5.74) is 1.34. The lowest BCUT2D eigenvalue weighted by Gasteiger charge is -2.34. The Morgan fingerprint density at radius 1 is 1.16 bits per heavy atom. The third-order valence-corrected chi connectivity index (χ3v) is 5.43. The summed E-state index contributed by atoms with van der Waals surface area (Å²) in [4.78, 5) is 16.9. The van der Waals surface area contributed by atoms with Crippen molar-refractivity contribution in [1.82, 2.24) is 15.1 Å². The molecule has 1 aromatic carbocycles. The fraction of sp³-hybridized carbons (Fsp3) is 0.650. The van der Waals surface area contributed by atoms with Gasteiger partial charge in [-0.05, 0) is 49.8 Å². The number of nitrogens with one attached hydrogen (secondary N) is 1. The SMILES string of the molecule is COc1ccc(CCN2CCN(CC(=O)N[C@@H](C)C3CC3)CC2)cc1. The van der Waals surface area contributed by atoms with Crippen LogP contribution in [0.4, 0.5) is 0 Å². The van der Waals surface area contributed by atoms with E-state index in [0.717, 1.165) is 50.8 Å². The van der Waals surface area contributed by atoms with E-state index in [9.17, 15) is 4.79 Å². The predicted molar refractivity (Wildman–Crippen MR) is 99.9 cm³/mol. The number of carbonyl (C=O) groups excluding carboxylic acids is 1. The Morgan fingerprint density at radius 3 is 2.40 bits per heavy atom. The molecule has 0 unspecified atom stereocenters. The van der Waals surface area contributed by atoms with Crippen LogP contribution in [0, 0.1) is 5.92 Å². The summed E-state index contributed by atoms with van der Waals surface area (Å²) in [6, 6.07) is 8.67. The molecule has 1 saturated carbocycles. The first-order valence-corrected chi connectivity index (χ1v) is 9.51. The Balaban J connectivity index is 1.33. The molecule has 0 spiro atoms. The Kier molecular flexibility index (Phi) is 6.32. The Bertz CT molecular complexity index is 549. The van der Waals surface area contributed by atoms with Gasteiger partial charge < -0.3 is 15.0 Å². The summed E-state index contributed by atoms with van der Waals surface area (Å²) in [6.45, 7) is 7.80. The quantitative estimate of drug-likeness (QED) is 0.780. The fourth-order valence-electron chi connectivity index (χ4n) is 3.47. The predicted octanol–water partition coefficient (Wildman–Crippen LogP) is 1.77.